The van der Waals surface area contributed by atoms with Crippen LogP contribution in [0.5, 0.6) is 0 Å². The van der Waals surface area contributed by atoms with E-state index in [9.17, 15) is 9.18 Å². The van der Waals surface area contributed by atoms with Crippen molar-refractivity contribution in [1.29, 1.82) is 0 Å². The minimum atomic E-state index is -0.304. The topological polar surface area (TPSA) is 17.1 Å². The summed E-state index contributed by atoms with van der Waals surface area (Å²) >= 11 is 0. The van der Waals surface area contributed by atoms with Crippen LogP contribution in [0.3, 0.4) is 0 Å². The molecule has 19 heavy (non-hydrogen) atoms. The Morgan fingerprint density at radius 2 is 1.68 bits per heavy atom. The molecule has 0 aliphatic carbocycles. The van der Waals surface area contributed by atoms with Gasteiger partial charge in [0.1, 0.15) is 5.82 Å². The number of hydrogen-bond acceptors (Lipinski definition) is 1. The molecule has 0 atom stereocenters. The SMILES string of the molecule is CCc1ccc(CC(=O)c2ccc(F)cc2C)cc1. The second kappa shape index (κ2) is 5.79. The largest absolute Gasteiger partial charge is 0.294 e. The van der Waals surface area contributed by atoms with Crippen LogP contribution in [0.2, 0.25) is 0 Å². The minimum absolute atomic E-state index is 0.0294. The summed E-state index contributed by atoms with van der Waals surface area (Å²) in [6.07, 6.45) is 1.35. The molecule has 0 heterocycles. The van der Waals surface area contributed by atoms with E-state index in [-0.39, 0.29) is 11.6 Å². The molecule has 98 valence electrons. The number of hydrogen-bond donors (Lipinski definition) is 0. The standard InChI is InChI=1S/C17H17FO/c1-3-13-4-6-14(7-5-13)11-17(19)16-9-8-15(18)10-12(16)2/h4-10H,3,11H2,1-2H3. The third kappa shape index (κ3) is 3.28. The van der Waals surface area contributed by atoms with Crippen LogP contribution in [0.15, 0.2) is 42.5 Å². The molecule has 0 aliphatic rings. The fourth-order valence-electron chi connectivity index (χ4n) is 2.11. The van der Waals surface area contributed by atoms with Crippen LogP contribution in [-0.4, -0.2) is 5.78 Å². The molecule has 0 spiro atoms. The zero-order chi connectivity index (χ0) is 13.8. The lowest BCUT2D eigenvalue weighted by Crippen LogP contribution is -2.06. The van der Waals surface area contributed by atoms with E-state index in [0.717, 1.165) is 12.0 Å². The van der Waals surface area contributed by atoms with Gasteiger partial charge in [0.15, 0.2) is 5.78 Å². The van der Waals surface area contributed by atoms with Gasteiger partial charge in [-0.2, -0.15) is 0 Å². The van der Waals surface area contributed by atoms with E-state index in [4.69, 9.17) is 0 Å². The Hall–Kier alpha value is -1.96. The number of aryl methyl sites for hydroxylation is 2. The van der Waals surface area contributed by atoms with Crippen molar-refractivity contribution in [3.63, 3.8) is 0 Å². The van der Waals surface area contributed by atoms with Crippen molar-refractivity contribution >= 4 is 5.78 Å². The second-order valence-corrected chi connectivity index (χ2v) is 4.73. The van der Waals surface area contributed by atoms with Crippen molar-refractivity contribution in [1.82, 2.24) is 0 Å². The molecule has 2 aromatic rings. The Bertz CT molecular complexity index is 585. The van der Waals surface area contributed by atoms with Crippen LogP contribution in [0.1, 0.15) is 34.0 Å². The fraction of sp³-hybridized carbons (Fsp3) is 0.235. The normalized spacial score (nSPS) is 10.5. The smallest absolute Gasteiger partial charge is 0.167 e. The van der Waals surface area contributed by atoms with Gasteiger partial charge in [-0.25, -0.2) is 4.39 Å². The van der Waals surface area contributed by atoms with Gasteiger partial charge in [-0.05, 0) is 48.2 Å². The van der Waals surface area contributed by atoms with Gasteiger partial charge in [-0.15, -0.1) is 0 Å². The molecule has 0 fully saturated rings. The highest BCUT2D eigenvalue weighted by molar-refractivity contribution is 5.98. The number of benzene rings is 2. The van der Waals surface area contributed by atoms with E-state index >= 15 is 0 Å². The quantitative estimate of drug-likeness (QED) is 0.752. The van der Waals surface area contributed by atoms with Crippen molar-refractivity contribution in [3.8, 4) is 0 Å². The summed E-state index contributed by atoms with van der Waals surface area (Å²) in [5, 5.41) is 0. The number of rotatable bonds is 4. The Morgan fingerprint density at radius 3 is 2.26 bits per heavy atom. The van der Waals surface area contributed by atoms with E-state index in [2.05, 4.69) is 6.92 Å². The van der Waals surface area contributed by atoms with Crippen molar-refractivity contribution in [2.24, 2.45) is 0 Å². The second-order valence-electron chi connectivity index (χ2n) is 4.73. The first-order valence-corrected chi connectivity index (χ1v) is 6.47. The lowest BCUT2D eigenvalue weighted by molar-refractivity contribution is 0.0992. The summed E-state index contributed by atoms with van der Waals surface area (Å²) in [4.78, 5) is 12.2. The molecule has 0 saturated carbocycles. The fourth-order valence-corrected chi connectivity index (χ4v) is 2.11. The van der Waals surface area contributed by atoms with Gasteiger partial charge in [0.2, 0.25) is 0 Å². The van der Waals surface area contributed by atoms with Crippen LogP contribution in [0.4, 0.5) is 4.39 Å². The van der Waals surface area contributed by atoms with Crippen LogP contribution < -0.4 is 0 Å². The molecule has 0 amide bonds. The highest BCUT2D eigenvalue weighted by Gasteiger charge is 2.10. The molecule has 2 aromatic carbocycles. The third-order valence-corrected chi connectivity index (χ3v) is 3.28. The first-order valence-electron chi connectivity index (χ1n) is 6.47. The average Bonchev–Trinajstić information content (AvgIpc) is 2.39. The molecule has 0 saturated heterocycles. The first-order chi connectivity index (χ1) is 9.10. The Balaban J connectivity index is 2.15. The van der Waals surface area contributed by atoms with Crippen molar-refractivity contribution in [3.05, 3.63) is 70.5 Å². The molecular formula is C17H17FO. The van der Waals surface area contributed by atoms with E-state index in [1.807, 2.05) is 24.3 Å². The first kappa shape index (κ1) is 13.5. The van der Waals surface area contributed by atoms with E-state index in [1.165, 1.54) is 17.7 Å². The van der Waals surface area contributed by atoms with E-state index in [1.54, 1.807) is 13.0 Å². The van der Waals surface area contributed by atoms with E-state index in [0.29, 0.717) is 17.5 Å². The van der Waals surface area contributed by atoms with Gasteiger partial charge in [0.25, 0.3) is 0 Å². The zero-order valence-electron chi connectivity index (χ0n) is 11.2. The summed E-state index contributed by atoms with van der Waals surface area (Å²) in [7, 11) is 0. The van der Waals surface area contributed by atoms with Gasteiger partial charge in [0.05, 0.1) is 0 Å². The molecule has 1 nitrogen and oxygen atoms in total. The molecule has 0 N–H and O–H groups in total. The van der Waals surface area contributed by atoms with E-state index < -0.39 is 0 Å². The Morgan fingerprint density at radius 1 is 1.05 bits per heavy atom. The van der Waals surface area contributed by atoms with Crippen LogP contribution in [0.25, 0.3) is 0 Å². The molecule has 0 aliphatic heterocycles. The highest BCUT2D eigenvalue weighted by atomic mass is 19.1. The van der Waals surface area contributed by atoms with Gasteiger partial charge >= 0.3 is 0 Å². The summed E-state index contributed by atoms with van der Waals surface area (Å²) in [5.41, 5.74) is 3.54. The summed E-state index contributed by atoms with van der Waals surface area (Å²) in [5.74, 6) is -0.275. The maximum absolute atomic E-state index is 13.0. The summed E-state index contributed by atoms with van der Waals surface area (Å²) in [6, 6.07) is 12.3. The maximum Gasteiger partial charge on any atom is 0.167 e. The van der Waals surface area contributed by atoms with Gasteiger partial charge in [-0.1, -0.05) is 31.2 Å². The zero-order valence-corrected chi connectivity index (χ0v) is 11.2. The number of Topliss-reactive ketones (excluding diaryl/α,β-unsaturated/α-hetero) is 1. The molecule has 0 unspecified atom stereocenters. The van der Waals surface area contributed by atoms with Crippen molar-refractivity contribution in [2.45, 2.75) is 26.7 Å². The third-order valence-electron chi connectivity index (χ3n) is 3.28. The predicted molar refractivity (Wildman–Crippen MR) is 75.0 cm³/mol. The molecule has 0 radical (unpaired) electrons. The number of carbonyl (C=O) groups is 1. The average molecular weight is 256 g/mol. The van der Waals surface area contributed by atoms with Gasteiger partial charge in [0, 0.05) is 12.0 Å². The predicted octanol–water partition coefficient (Wildman–Crippen LogP) is 4.12. The van der Waals surface area contributed by atoms with Crippen molar-refractivity contribution in [2.75, 3.05) is 0 Å². The number of ketones is 1. The lowest BCUT2D eigenvalue weighted by atomic mass is 9.98. The summed E-state index contributed by atoms with van der Waals surface area (Å²) in [6.45, 7) is 3.86. The molecule has 2 heteroatoms. The molecular weight excluding hydrogens is 239 g/mol. The molecule has 0 aromatic heterocycles. The number of carbonyl (C=O) groups excluding carboxylic acids is 1. The lowest BCUT2D eigenvalue weighted by Gasteiger charge is -2.06. The van der Waals surface area contributed by atoms with Gasteiger partial charge < -0.3 is 0 Å². The van der Waals surface area contributed by atoms with Crippen LogP contribution in [-0.2, 0) is 12.8 Å². The van der Waals surface area contributed by atoms with Crippen molar-refractivity contribution < 1.29 is 9.18 Å². The maximum atomic E-state index is 13.0. The minimum Gasteiger partial charge on any atom is -0.294 e. The Kier molecular flexibility index (Phi) is 4.10. The van der Waals surface area contributed by atoms with Crippen LogP contribution in [0, 0.1) is 12.7 Å². The monoisotopic (exact) mass is 256 g/mol. The molecule has 0 bridgehead atoms. The van der Waals surface area contributed by atoms with Crippen LogP contribution >= 0.6 is 0 Å². The Labute approximate surface area is 113 Å². The molecule has 2 rings (SSSR count). The highest BCUT2D eigenvalue weighted by Crippen LogP contribution is 2.14. The summed E-state index contributed by atoms with van der Waals surface area (Å²) < 4.78 is 13.0. The number of halogens is 1. The van der Waals surface area contributed by atoms with Gasteiger partial charge in [-0.3, -0.25) is 4.79 Å².